The van der Waals surface area contributed by atoms with Gasteiger partial charge < -0.3 is 4.74 Å². The van der Waals surface area contributed by atoms with E-state index in [4.69, 9.17) is 4.74 Å². The third-order valence-electron chi connectivity index (χ3n) is 2.03. The van der Waals surface area contributed by atoms with Crippen molar-refractivity contribution in [3.63, 3.8) is 0 Å². The van der Waals surface area contributed by atoms with Gasteiger partial charge in [-0.3, -0.25) is 14.9 Å². The second-order valence-electron chi connectivity index (χ2n) is 3.58. The molecule has 0 aromatic heterocycles. The van der Waals surface area contributed by atoms with Gasteiger partial charge in [0.15, 0.2) is 15.6 Å². The molecule has 0 heterocycles. The second-order valence-corrected chi connectivity index (χ2v) is 5.84. The largest absolute Gasteiger partial charge is 0.486 e. The van der Waals surface area contributed by atoms with E-state index in [0.717, 1.165) is 12.3 Å². The molecule has 0 saturated carbocycles. The summed E-state index contributed by atoms with van der Waals surface area (Å²) < 4.78 is 26.8. The Morgan fingerprint density at radius 2 is 2.11 bits per heavy atom. The molecule has 0 saturated heterocycles. The fourth-order valence-corrected chi connectivity index (χ4v) is 1.56. The molecule has 1 rings (SSSR count). The minimum Gasteiger partial charge on any atom is -0.486 e. The van der Waals surface area contributed by atoms with Crippen LogP contribution in [0.5, 0.6) is 5.75 Å². The van der Waals surface area contributed by atoms with E-state index in [1.54, 1.807) is 0 Å². The maximum Gasteiger partial charge on any atom is 0.310 e. The summed E-state index contributed by atoms with van der Waals surface area (Å²) in [7, 11) is -3.21. The quantitative estimate of drug-likeness (QED) is 0.432. The highest BCUT2D eigenvalue weighted by Gasteiger charge is 2.16. The Hall–Kier alpha value is -1.96. The van der Waals surface area contributed by atoms with Crippen molar-refractivity contribution in [2.45, 2.75) is 0 Å². The molecule has 0 amide bonds. The zero-order chi connectivity index (χ0) is 13.8. The van der Waals surface area contributed by atoms with Crippen molar-refractivity contribution in [3.8, 4) is 5.75 Å². The van der Waals surface area contributed by atoms with Gasteiger partial charge in [0.1, 0.15) is 12.9 Å². The minimum atomic E-state index is -3.21. The van der Waals surface area contributed by atoms with Crippen LogP contribution in [-0.4, -0.2) is 38.2 Å². The number of benzene rings is 1. The predicted molar refractivity (Wildman–Crippen MR) is 63.7 cm³/mol. The van der Waals surface area contributed by atoms with E-state index >= 15 is 0 Å². The zero-order valence-electron chi connectivity index (χ0n) is 9.53. The van der Waals surface area contributed by atoms with Crippen molar-refractivity contribution >= 4 is 21.8 Å². The Morgan fingerprint density at radius 3 is 2.61 bits per heavy atom. The SMILES string of the molecule is CS(=O)(=O)CCOc1cc(C=O)ccc1[N+](=O)[O-]. The lowest BCUT2D eigenvalue weighted by Gasteiger charge is -2.06. The maximum atomic E-state index is 10.9. The number of aldehydes is 1. The second kappa shape index (κ2) is 5.58. The van der Waals surface area contributed by atoms with Gasteiger partial charge in [-0.1, -0.05) is 0 Å². The highest BCUT2D eigenvalue weighted by Crippen LogP contribution is 2.27. The number of nitro groups is 1. The number of carbonyl (C=O) groups is 1. The van der Waals surface area contributed by atoms with Gasteiger partial charge in [0.05, 0.1) is 10.7 Å². The van der Waals surface area contributed by atoms with Crippen molar-refractivity contribution in [2.75, 3.05) is 18.6 Å². The van der Waals surface area contributed by atoms with Crippen molar-refractivity contribution in [1.82, 2.24) is 0 Å². The molecule has 7 nitrogen and oxygen atoms in total. The van der Waals surface area contributed by atoms with Crippen LogP contribution in [0.3, 0.4) is 0 Å². The third kappa shape index (κ3) is 4.13. The Labute approximate surface area is 103 Å². The number of nitro benzene ring substituents is 1. The first-order valence-corrected chi connectivity index (χ1v) is 6.93. The molecule has 0 spiro atoms. The lowest BCUT2D eigenvalue weighted by atomic mass is 10.2. The molecular weight excluding hydrogens is 262 g/mol. The molecule has 18 heavy (non-hydrogen) atoms. The number of rotatable bonds is 6. The lowest BCUT2D eigenvalue weighted by molar-refractivity contribution is -0.385. The summed E-state index contributed by atoms with van der Waals surface area (Å²) >= 11 is 0. The topological polar surface area (TPSA) is 104 Å². The summed E-state index contributed by atoms with van der Waals surface area (Å²) in [6.07, 6.45) is 1.56. The fraction of sp³-hybridized carbons (Fsp3) is 0.300. The molecule has 1 aromatic carbocycles. The molecule has 0 radical (unpaired) electrons. The van der Waals surface area contributed by atoms with Crippen LogP contribution < -0.4 is 4.74 Å². The maximum absolute atomic E-state index is 10.9. The summed E-state index contributed by atoms with van der Waals surface area (Å²) in [4.78, 5) is 20.6. The van der Waals surface area contributed by atoms with Crippen LogP contribution in [0.4, 0.5) is 5.69 Å². The summed E-state index contributed by atoms with van der Waals surface area (Å²) in [6.45, 7) is -0.206. The number of hydrogen-bond donors (Lipinski definition) is 0. The zero-order valence-corrected chi connectivity index (χ0v) is 10.3. The molecular formula is C10H11NO6S. The van der Waals surface area contributed by atoms with Crippen molar-refractivity contribution in [3.05, 3.63) is 33.9 Å². The van der Waals surface area contributed by atoms with Gasteiger partial charge in [0.2, 0.25) is 0 Å². The van der Waals surface area contributed by atoms with Crippen LogP contribution in [-0.2, 0) is 9.84 Å². The molecule has 1 aromatic rings. The van der Waals surface area contributed by atoms with E-state index < -0.39 is 14.8 Å². The number of carbonyl (C=O) groups excluding carboxylic acids is 1. The van der Waals surface area contributed by atoms with Gasteiger partial charge in [0, 0.05) is 17.9 Å². The Morgan fingerprint density at radius 1 is 1.44 bits per heavy atom. The van der Waals surface area contributed by atoms with E-state index in [1.807, 2.05) is 0 Å². The van der Waals surface area contributed by atoms with Crippen LogP contribution >= 0.6 is 0 Å². The third-order valence-corrected chi connectivity index (χ3v) is 2.94. The lowest BCUT2D eigenvalue weighted by Crippen LogP contribution is -2.12. The molecule has 8 heteroatoms. The molecule has 0 bridgehead atoms. The summed E-state index contributed by atoms with van der Waals surface area (Å²) in [5.74, 6) is -0.372. The summed E-state index contributed by atoms with van der Waals surface area (Å²) in [5.41, 5.74) is -0.0935. The number of ether oxygens (including phenoxy) is 1. The van der Waals surface area contributed by atoms with Crippen LogP contribution in [0.15, 0.2) is 18.2 Å². The molecule has 0 unspecified atom stereocenters. The Kier molecular flexibility index (Phi) is 4.38. The monoisotopic (exact) mass is 273 g/mol. The van der Waals surface area contributed by atoms with Crippen molar-refractivity contribution < 1.29 is 22.9 Å². The highest BCUT2D eigenvalue weighted by atomic mass is 32.2. The van der Waals surface area contributed by atoms with Crippen LogP contribution in [0.2, 0.25) is 0 Å². The first-order chi connectivity index (χ1) is 8.33. The molecule has 0 atom stereocenters. The van der Waals surface area contributed by atoms with Gasteiger partial charge in [-0.15, -0.1) is 0 Å². The van der Waals surface area contributed by atoms with E-state index in [9.17, 15) is 23.3 Å². The van der Waals surface area contributed by atoms with Crippen molar-refractivity contribution in [1.29, 1.82) is 0 Å². The number of nitrogens with zero attached hydrogens (tertiary/aromatic N) is 1. The average Bonchev–Trinajstić information content (AvgIpc) is 2.26. The van der Waals surface area contributed by atoms with Gasteiger partial charge in [-0.05, 0) is 12.1 Å². The first-order valence-electron chi connectivity index (χ1n) is 4.87. The predicted octanol–water partition coefficient (Wildman–Crippen LogP) is 0.831. The highest BCUT2D eigenvalue weighted by molar-refractivity contribution is 7.90. The van der Waals surface area contributed by atoms with E-state index in [2.05, 4.69) is 0 Å². The molecule has 0 aliphatic rings. The number of hydrogen-bond acceptors (Lipinski definition) is 6. The average molecular weight is 273 g/mol. The van der Waals surface area contributed by atoms with Gasteiger partial charge in [-0.2, -0.15) is 0 Å². The van der Waals surface area contributed by atoms with Crippen LogP contribution in [0.1, 0.15) is 10.4 Å². The van der Waals surface area contributed by atoms with Gasteiger partial charge in [-0.25, -0.2) is 8.42 Å². The Bertz CT molecular complexity index is 566. The minimum absolute atomic E-state index is 0.117. The smallest absolute Gasteiger partial charge is 0.310 e. The number of sulfone groups is 1. The van der Waals surface area contributed by atoms with E-state index in [1.165, 1.54) is 12.1 Å². The van der Waals surface area contributed by atoms with Crippen LogP contribution in [0.25, 0.3) is 0 Å². The standard InChI is InChI=1S/C10H11NO6S/c1-18(15,16)5-4-17-10-6-8(7-12)2-3-9(10)11(13)14/h2-3,6-7H,4-5H2,1H3. The Balaban J connectivity index is 2.91. The van der Waals surface area contributed by atoms with E-state index in [0.29, 0.717) is 6.29 Å². The normalized spacial score (nSPS) is 10.9. The summed E-state index contributed by atoms with van der Waals surface area (Å²) in [6, 6.07) is 3.63. The van der Waals surface area contributed by atoms with Gasteiger partial charge >= 0.3 is 5.69 Å². The fourth-order valence-electron chi connectivity index (χ4n) is 1.17. The molecule has 98 valence electrons. The van der Waals surface area contributed by atoms with E-state index in [-0.39, 0.29) is 29.4 Å². The first kappa shape index (κ1) is 14.1. The van der Waals surface area contributed by atoms with Gasteiger partial charge in [0.25, 0.3) is 0 Å². The van der Waals surface area contributed by atoms with Crippen LogP contribution in [0, 0.1) is 10.1 Å². The molecule has 0 aliphatic carbocycles. The molecule has 0 fully saturated rings. The summed E-state index contributed by atoms with van der Waals surface area (Å²) in [5, 5.41) is 10.7. The van der Waals surface area contributed by atoms with Crippen molar-refractivity contribution in [2.24, 2.45) is 0 Å². The molecule has 0 N–H and O–H groups in total. The molecule has 0 aliphatic heterocycles.